The third-order valence-electron chi connectivity index (χ3n) is 2.40. The van der Waals surface area contributed by atoms with Crippen LogP contribution >= 0.6 is 0 Å². The van der Waals surface area contributed by atoms with Crippen molar-refractivity contribution >= 4 is 15.6 Å². The lowest BCUT2D eigenvalue weighted by Gasteiger charge is -2.09. The van der Waals surface area contributed by atoms with Crippen molar-refractivity contribution in [3.05, 3.63) is 34.1 Å². The second-order valence-electron chi connectivity index (χ2n) is 3.11. The first kappa shape index (κ1) is 10.1. The molecule has 13 heavy (non-hydrogen) atoms. The first-order chi connectivity index (χ1) is 5.95. The number of hydrogen-bond donors (Lipinski definition) is 0. The van der Waals surface area contributed by atoms with E-state index < -0.39 is 0 Å². The summed E-state index contributed by atoms with van der Waals surface area (Å²) in [7, 11) is 2.87. The average Bonchev–Trinajstić information content (AvgIpc) is 2.07. The third-order valence-corrected chi connectivity index (χ3v) is 2.67. The molecule has 1 aromatic carbocycles. The summed E-state index contributed by atoms with van der Waals surface area (Å²) >= 11 is 0. The van der Waals surface area contributed by atoms with E-state index in [9.17, 15) is 9.18 Å². The number of hydrogen-bond acceptors (Lipinski definition) is 1. The molecule has 0 N–H and O–H groups in total. The fourth-order valence-corrected chi connectivity index (χ4v) is 1.50. The Balaban J connectivity index is 3.50. The Morgan fingerprint density at radius 1 is 1.23 bits per heavy atom. The molecule has 67 valence electrons. The van der Waals surface area contributed by atoms with Crippen LogP contribution in [0.3, 0.4) is 0 Å². The fourth-order valence-electron chi connectivity index (χ4n) is 1.24. The molecule has 0 aromatic heterocycles. The van der Waals surface area contributed by atoms with Gasteiger partial charge in [0, 0.05) is 5.56 Å². The lowest BCUT2D eigenvalue weighted by molar-refractivity contribution is 0.107. The third kappa shape index (κ3) is 1.70. The molecule has 0 atom stereocenters. The van der Waals surface area contributed by atoms with Gasteiger partial charge in [0.1, 0.15) is 21.5 Å². The van der Waals surface area contributed by atoms with Crippen LogP contribution in [0.1, 0.15) is 27.0 Å². The molecule has 0 spiro atoms. The quantitative estimate of drug-likeness (QED) is 0.624. The molecule has 0 fully saturated rings. The lowest BCUT2D eigenvalue weighted by atomic mass is 9.99. The van der Waals surface area contributed by atoms with Crippen LogP contribution in [0.4, 0.5) is 4.39 Å². The van der Waals surface area contributed by atoms with Gasteiger partial charge in [0.25, 0.3) is 0 Å². The molecule has 0 aliphatic heterocycles. The largest absolute Gasteiger partial charge is 0.301 e. The van der Waals surface area contributed by atoms with Gasteiger partial charge >= 0.3 is 0 Å². The van der Waals surface area contributed by atoms with Crippen molar-refractivity contribution in [2.24, 2.45) is 0 Å². The topological polar surface area (TPSA) is 17.1 Å². The van der Waals surface area contributed by atoms with Crippen molar-refractivity contribution in [2.75, 3.05) is 0 Å². The summed E-state index contributed by atoms with van der Waals surface area (Å²) in [6.45, 7) is 5.33. The van der Waals surface area contributed by atoms with Gasteiger partial charge in [-0.25, -0.2) is 4.39 Å². The molecule has 1 nitrogen and oxygen atoms in total. The van der Waals surface area contributed by atoms with Crippen LogP contribution in [0.15, 0.2) is 6.07 Å². The van der Waals surface area contributed by atoms with Gasteiger partial charge < -0.3 is 4.79 Å². The molecule has 0 amide bonds. The molecule has 0 aliphatic carbocycles. The highest BCUT2D eigenvalue weighted by Gasteiger charge is 2.11. The molecule has 3 radical (unpaired) electrons. The summed E-state index contributed by atoms with van der Waals surface area (Å²) in [6.07, 6.45) is 0. The van der Waals surface area contributed by atoms with Crippen LogP contribution in [0, 0.1) is 26.6 Å². The Hall–Kier alpha value is -0.963. The van der Waals surface area contributed by atoms with E-state index >= 15 is 0 Å². The molecule has 3 heteroatoms. The minimum Gasteiger partial charge on any atom is -0.301 e. The van der Waals surface area contributed by atoms with Crippen LogP contribution < -0.4 is 0 Å². The van der Waals surface area contributed by atoms with Gasteiger partial charge in [-0.2, -0.15) is 0 Å². The Kier molecular flexibility index (Phi) is 2.66. The average molecular weight is 193 g/mol. The minimum atomic E-state index is -0.329. The maximum Gasteiger partial charge on any atom is 0.133 e. The fraction of sp³-hybridized carbons (Fsp3) is 0.300. The van der Waals surface area contributed by atoms with Gasteiger partial charge in [-0.1, -0.05) is 0 Å². The molecular weight excluding hydrogens is 183 g/mol. The second kappa shape index (κ2) is 3.42. The first-order valence-electron chi connectivity index (χ1n) is 3.97. The molecule has 1 rings (SSSR count). The number of rotatable bonds is 1. The normalized spacial score (nSPS) is 10.2. The summed E-state index contributed by atoms with van der Waals surface area (Å²) in [6, 6.07) is 1.27. The van der Waals surface area contributed by atoms with Crippen molar-refractivity contribution < 1.29 is 9.18 Å². The van der Waals surface area contributed by atoms with Gasteiger partial charge in [0.05, 0.1) is 0 Å². The van der Waals surface area contributed by atoms with Crippen LogP contribution in [-0.4, -0.2) is 15.6 Å². The van der Waals surface area contributed by atoms with E-state index in [0.717, 1.165) is 11.1 Å². The summed E-state index contributed by atoms with van der Waals surface area (Å²) in [4.78, 5) is 11.0. The Morgan fingerprint density at radius 2 is 1.77 bits per heavy atom. The first-order valence-corrected chi connectivity index (χ1v) is 4.47. The number of carbonyl (C=O) groups is 1. The van der Waals surface area contributed by atoms with Gasteiger partial charge in [0.2, 0.25) is 0 Å². The number of halogens is 1. The molecule has 0 unspecified atom stereocenters. The summed E-state index contributed by atoms with van der Waals surface area (Å²) < 4.78 is 13.2. The van der Waals surface area contributed by atoms with Gasteiger partial charge in [-0.3, -0.25) is 0 Å². The highest BCUT2D eigenvalue weighted by atomic mass is 28.1. The van der Waals surface area contributed by atoms with Crippen molar-refractivity contribution in [1.82, 2.24) is 0 Å². The van der Waals surface area contributed by atoms with E-state index in [0.29, 0.717) is 11.1 Å². The van der Waals surface area contributed by atoms with Crippen molar-refractivity contribution in [3.8, 4) is 0 Å². The van der Waals surface area contributed by atoms with Crippen molar-refractivity contribution in [3.63, 3.8) is 0 Å². The zero-order chi connectivity index (χ0) is 10.2. The molecule has 0 bridgehead atoms. The summed E-state index contributed by atoms with van der Waals surface area (Å²) in [5, 5.41) is -0.278. The Labute approximate surface area is 80.4 Å². The standard InChI is InChI=1S/C10H10FOSi/c1-5-6(2)8(10(12)13)4-9(11)7(5)3/h4H,1-3H3. The maximum atomic E-state index is 13.2. The zero-order valence-electron chi connectivity index (χ0n) is 7.86. The van der Waals surface area contributed by atoms with Crippen molar-refractivity contribution in [2.45, 2.75) is 20.8 Å². The number of benzene rings is 1. The number of carbonyl (C=O) groups excluding carboxylic acids is 1. The van der Waals surface area contributed by atoms with E-state index in [2.05, 4.69) is 10.2 Å². The second-order valence-corrected chi connectivity index (χ2v) is 3.56. The van der Waals surface area contributed by atoms with Crippen LogP contribution in [0.2, 0.25) is 0 Å². The minimum absolute atomic E-state index is 0.278. The molecule has 0 saturated heterocycles. The van der Waals surface area contributed by atoms with E-state index in [1.807, 2.05) is 13.8 Å². The zero-order valence-corrected chi connectivity index (χ0v) is 8.86. The van der Waals surface area contributed by atoms with Crippen LogP contribution in [-0.2, 0) is 0 Å². The van der Waals surface area contributed by atoms with E-state index in [4.69, 9.17) is 0 Å². The maximum absolute atomic E-state index is 13.2. The molecule has 0 heterocycles. The van der Waals surface area contributed by atoms with Crippen LogP contribution in [0.25, 0.3) is 0 Å². The smallest absolute Gasteiger partial charge is 0.133 e. The molecule has 0 saturated carbocycles. The molecular formula is C10H10FOSi. The predicted octanol–water partition coefficient (Wildman–Crippen LogP) is 2.06. The monoisotopic (exact) mass is 193 g/mol. The summed E-state index contributed by atoms with van der Waals surface area (Å²) in [5.41, 5.74) is 2.67. The Bertz CT molecular complexity index is 372. The molecule has 0 aliphatic rings. The molecule has 1 aromatic rings. The predicted molar refractivity (Wildman–Crippen MR) is 50.7 cm³/mol. The van der Waals surface area contributed by atoms with Crippen molar-refractivity contribution in [1.29, 1.82) is 0 Å². The highest BCUT2D eigenvalue weighted by molar-refractivity contribution is 6.62. The van der Waals surface area contributed by atoms with Crippen LogP contribution in [0.5, 0.6) is 0 Å². The van der Waals surface area contributed by atoms with E-state index in [-0.39, 0.29) is 11.2 Å². The van der Waals surface area contributed by atoms with Gasteiger partial charge in [-0.15, -0.1) is 0 Å². The van der Waals surface area contributed by atoms with Gasteiger partial charge in [0.15, 0.2) is 0 Å². The van der Waals surface area contributed by atoms with E-state index in [1.54, 1.807) is 6.92 Å². The van der Waals surface area contributed by atoms with Gasteiger partial charge in [-0.05, 0) is 43.5 Å². The SMILES string of the molecule is Cc1c(F)cc(C(=O)[Si])c(C)c1C. The highest BCUT2D eigenvalue weighted by Crippen LogP contribution is 2.20. The Morgan fingerprint density at radius 3 is 2.23 bits per heavy atom. The van der Waals surface area contributed by atoms with E-state index in [1.165, 1.54) is 6.07 Å². The summed E-state index contributed by atoms with van der Waals surface area (Å²) in [5.74, 6) is -0.329. The lowest BCUT2D eigenvalue weighted by Crippen LogP contribution is -2.05.